The molecule has 0 saturated heterocycles. The zero-order chi connectivity index (χ0) is 20.9. The van der Waals surface area contributed by atoms with Crippen molar-refractivity contribution in [1.82, 2.24) is 0 Å². The van der Waals surface area contributed by atoms with Gasteiger partial charge in [0.25, 0.3) is 0 Å². The molecule has 2 aromatic heterocycles. The molecule has 0 N–H and O–H groups in total. The van der Waals surface area contributed by atoms with Gasteiger partial charge in [0.15, 0.2) is 0 Å². The van der Waals surface area contributed by atoms with E-state index in [1.807, 2.05) is 0 Å². The molecule has 0 nitrogen and oxygen atoms in total. The van der Waals surface area contributed by atoms with Gasteiger partial charge in [0.05, 0.1) is 0 Å². The van der Waals surface area contributed by atoms with E-state index in [9.17, 15) is 0 Å². The van der Waals surface area contributed by atoms with Gasteiger partial charge >= 0.3 is 0 Å². The van der Waals surface area contributed by atoms with Crippen molar-refractivity contribution in [3.05, 3.63) is 131 Å². The predicted molar refractivity (Wildman–Crippen MR) is 138 cm³/mol. The highest BCUT2D eigenvalue weighted by atomic mass is 32.1. The standard InChI is InChI=1S/C13H10.2C8H6S/c1-3-7-12-10(5-1)9-11-6-2-4-8-13(11)12;2*1-2-4-8-7(3-1)5-6-9-8/h1-8H,9H2;2*1-6H. The van der Waals surface area contributed by atoms with E-state index in [0.29, 0.717) is 0 Å². The first kappa shape index (κ1) is 19.7. The van der Waals surface area contributed by atoms with E-state index in [2.05, 4.69) is 120 Å². The smallest absolute Gasteiger partial charge is 0.0342 e. The molecule has 0 radical (unpaired) electrons. The molecule has 150 valence electrons. The lowest BCUT2D eigenvalue weighted by atomic mass is 10.1. The van der Waals surface area contributed by atoms with Crippen LogP contribution in [0.25, 0.3) is 31.3 Å². The zero-order valence-electron chi connectivity index (χ0n) is 17.1. The van der Waals surface area contributed by atoms with Crippen molar-refractivity contribution in [3.8, 4) is 11.1 Å². The van der Waals surface area contributed by atoms with Crippen LogP contribution in [0.1, 0.15) is 11.1 Å². The Morgan fingerprint density at radius 2 is 0.839 bits per heavy atom. The van der Waals surface area contributed by atoms with Crippen LogP contribution in [0, 0.1) is 0 Å². The zero-order valence-corrected chi connectivity index (χ0v) is 18.7. The molecule has 0 fully saturated rings. The first-order valence-electron chi connectivity index (χ1n) is 10.4. The van der Waals surface area contributed by atoms with Gasteiger partial charge in [-0.1, -0.05) is 84.9 Å². The molecule has 6 aromatic rings. The third-order valence-electron chi connectivity index (χ3n) is 5.43. The Balaban J connectivity index is 0.000000102. The van der Waals surface area contributed by atoms with Crippen LogP contribution in [-0.4, -0.2) is 0 Å². The van der Waals surface area contributed by atoms with E-state index < -0.39 is 0 Å². The fourth-order valence-corrected chi connectivity index (χ4v) is 5.47. The van der Waals surface area contributed by atoms with Crippen LogP contribution in [0.4, 0.5) is 0 Å². The van der Waals surface area contributed by atoms with Gasteiger partial charge in [0, 0.05) is 9.40 Å². The van der Waals surface area contributed by atoms with Crippen molar-refractivity contribution >= 4 is 42.8 Å². The molecular weight excluding hydrogens is 412 g/mol. The van der Waals surface area contributed by atoms with Crippen LogP contribution in [0.15, 0.2) is 120 Å². The Kier molecular flexibility index (Phi) is 5.92. The molecule has 2 heteroatoms. The number of fused-ring (bicyclic) bond motifs is 5. The van der Waals surface area contributed by atoms with Crippen LogP contribution < -0.4 is 0 Å². The summed E-state index contributed by atoms with van der Waals surface area (Å²) in [5.41, 5.74) is 5.75. The lowest BCUT2D eigenvalue weighted by Gasteiger charge is -1.98. The van der Waals surface area contributed by atoms with Gasteiger partial charge < -0.3 is 0 Å². The van der Waals surface area contributed by atoms with Gasteiger partial charge in [-0.15, -0.1) is 22.7 Å². The molecule has 0 unspecified atom stereocenters. The van der Waals surface area contributed by atoms with Gasteiger partial charge in [-0.2, -0.15) is 0 Å². The Hall–Kier alpha value is -3.20. The minimum Gasteiger partial charge on any atom is -0.144 e. The maximum Gasteiger partial charge on any atom is 0.0342 e. The van der Waals surface area contributed by atoms with Crippen LogP contribution >= 0.6 is 22.7 Å². The molecule has 1 aliphatic rings. The van der Waals surface area contributed by atoms with Crippen LogP contribution in [0.5, 0.6) is 0 Å². The first-order valence-corrected chi connectivity index (χ1v) is 12.1. The number of benzene rings is 4. The second-order valence-corrected chi connectivity index (χ2v) is 9.30. The Morgan fingerprint density at radius 3 is 1.32 bits per heavy atom. The molecule has 1 aliphatic carbocycles. The molecule has 0 amide bonds. The van der Waals surface area contributed by atoms with Crippen LogP contribution in [-0.2, 0) is 6.42 Å². The van der Waals surface area contributed by atoms with E-state index >= 15 is 0 Å². The Labute approximate surface area is 191 Å². The fourth-order valence-electron chi connectivity index (χ4n) is 3.89. The predicted octanol–water partition coefficient (Wildman–Crippen LogP) is 9.06. The number of thiophene rings is 2. The fraction of sp³-hybridized carbons (Fsp3) is 0.0345. The van der Waals surface area contributed by atoms with E-state index in [1.54, 1.807) is 22.7 Å². The summed E-state index contributed by atoms with van der Waals surface area (Å²) in [5.74, 6) is 0. The second kappa shape index (κ2) is 9.30. The van der Waals surface area contributed by atoms with Gasteiger partial charge in [-0.25, -0.2) is 0 Å². The normalized spacial score (nSPS) is 11.1. The summed E-state index contributed by atoms with van der Waals surface area (Å²) in [5, 5.41) is 6.93. The first-order chi connectivity index (χ1) is 15.4. The SMILES string of the molecule is c1ccc2c(c1)Cc1ccccc1-2.c1ccc2sccc2c1.c1ccc2sccc2c1. The highest BCUT2D eigenvalue weighted by molar-refractivity contribution is 7.17. The third-order valence-corrected chi connectivity index (χ3v) is 7.22. The molecule has 0 spiro atoms. The summed E-state index contributed by atoms with van der Waals surface area (Å²) in [6.07, 6.45) is 1.10. The van der Waals surface area contributed by atoms with E-state index in [4.69, 9.17) is 0 Å². The molecular formula is C29H22S2. The molecule has 2 heterocycles. The van der Waals surface area contributed by atoms with Crippen molar-refractivity contribution in [3.63, 3.8) is 0 Å². The number of rotatable bonds is 0. The Morgan fingerprint density at radius 1 is 0.419 bits per heavy atom. The molecule has 0 bridgehead atoms. The summed E-state index contributed by atoms with van der Waals surface area (Å²) in [6, 6.07) is 38.4. The lowest BCUT2D eigenvalue weighted by molar-refractivity contribution is 1.26. The second-order valence-electron chi connectivity index (χ2n) is 7.41. The summed E-state index contributed by atoms with van der Waals surface area (Å²) in [4.78, 5) is 0. The summed E-state index contributed by atoms with van der Waals surface area (Å²) in [7, 11) is 0. The molecule has 0 saturated carbocycles. The van der Waals surface area contributed by atoms with Crippen LogP contribution in [0.3, 0.4) is 0 Å². The highest BCUT2D eigenvalue weighted by Gasteiger charge is 2.15. The third kappa shape index (κ3) is 4.46. The van der Waals surface area contributed by atoms with Gasteiger partial charge in [-0.05, 0) is 74.5 Å². The van der Waals surface area contributed by atoms with E-state index in [-0.39, 0.29) is 0 Å². The highest BCUT2D eigenvalue weighted by Crippen LogP contribution is 2.35. The topological polar surface area (TPSA) is 0 Å². The molecule has 0 atom stereocenters. The van der Waals surface area contributed by atoms with Crippen molar-refractivity contribution in [2.75, 3.05) is 0 Å². The monoisotopic (exact) mass is 434 g/mol. The van der Waals surface area contributed by atoms with E-state index in [0.717, 1.165) is 6.42 Å². The average molecular weight is 435 g/mol. The van der Waals surface area contributed by atoms with Crippen molar-refractivity contribution in [1.29, 1.82) is 0 Å². The quantitative estimate of drug-likeness (QED) is 0.223. The average Bonchev–Trinajstić information content (AvgIpc) is 3.57. The molecule has 4 aromatic carbocycles. The minimum absolute atomic E-state index is 1.10. The van der Waals surface area contributed by atoms with Crippen molar-refractivity contribution < 1.29 is 0 Å². The maximum absolute atomic E-state index is 2.22. The summed E-state index contributed by atoms with van der Waals surface area (Å²) < 4.78 is 2.75. The summed E-state index contributed by atoms with van der Waals surface area (Å²) >= 11 is 3.57. The van der Waals surface area contributed by atoms with Crippen molar-refractivity contribution in [2.45, 2.75) is 6.42 Å². The number of hydrogen-bond acceptors (Lipinski definition) is 2. The van der Waals surface area contributed by atoms with Crippen LogP contribution in [0.2, 0.25) is 0 Å². The van der Waals surface area contributed by atoms with Gasteiger partial charge in [0.2, 0.25) is 0 Å². The minimum atomic E-state index is 1.10. The summed E-state index contributed by atoms with van der Waals surface area (Å²) in [6.45, 7) is 0. The lowest BCUT2D eigenvalue weighted by Crippen LogP contribution is -1.77. The van der Waals surface area contributed by atoms with E-state index in [1.165, 1.54) is 42.4 Å². The van der Waals surface area contributed by atoms with Gasteiger partial charge in [-0.3, -0.25) is 0 Å². The van der Waals surface area contributed by atoms with Gasteiger partial charge in [0.1, 0.15) is 0 Å². The maximum atomic E-state index is 2.22. The molecule has 31 heavy (non-hydrogen) atoms. The molecule has 7 rings (SSSR count). The Bertz CT molecular complexity index is 1250. The number of hydrogen-bond donors (Lipinski definition) is 0. The van der Waals surface area contributed by atoms with Crippen molar-refractivity contribution in [2.24, 2.45) is 0 Å². The largest absolute Gasteiger partial charge is 0.144 e. The molecule has 0 aliphatic heterocycles.